The Morgan fingerprint density at radius 1 is 1.20 bits per heavy atom. The Morgan fingerprint density at radius 2 is 1.93 bits per heavy atom. The van der Waals surface area contributed by atoms with Crippen LogP contribution in [-0.4, -0.2) is 39.9 Å². The van der Waals surface area contributed by atoms with E-state index in [0.717, 1.165) is 41.0 Å². The van der Waals surface area contributed by atoms with Gasteiger partial charge in [0.15, 0.2) is 0 Å². The maximum atomic E-state index is 12.8. The minimum Gasteiger partial charge on any atom is -0.491 e. The predicted molar refractivity (Wildman–Crippen MR) is 118 cm³/mol. The highest BCUT2D eigenvalue weighted by atomic mass is 32.1. The molecule has 30 heavy (non-hydrogen) atoms. The van der Waals surface area contributed by atoms with Gasteiger partial charge >= 0.3 is 0 Å². The first-order chi connectivity index (χ1) is 14.6. The molecule has 4 rings (SSSR count). The van der Waals surface area contributed by atoms with Crippen LogP contribution in [-0.2, 0) is 11.3 Å². The van der Waals surface area contributed by atoms with Crippen molar-refractivity contribution in [3.63, 3.8) is 0 Å². The van der Waals surface area contributed by atoms with Crippen molar-refractivity contribution in [2.45, 2.75) is 39.3 Å². The number of carbonyl (C=O) groups is 1. The van der Waals surface area contributed by atoms with Crippen molar-refractivity contribution < 1.29 is 9.53 Å². The van der Waals surface area contributed by atoms with Gasteiger partial charge in [0.1, 0.15) is 5.75 Å². The number of hydrogen-bond acceptors (Lipinski definition) is 6. The molecule has 1 aliphatic heterocycles. The van der Waals surface area contributed by atoms with Gasteiger partial charge in [-0.3, -0.25) is 9.36 Å². The third kappa shape index (κ3) is 4.99. The zero-order valence-electron chi connectivity index (χ0n) is 17.3. The summed E-state index contributed by atoms with van der Waals surface area (Å²) in [6, 6.07) is 11.8. The minimum atomic E-state index is -0.0405. The largest absolute Gasteiger partial charge is 0.491 e. The third-order valence-corrected chi connectivity index (χ3v) is 6.05. The average molecular weight is 426 g/mol. The average Bonchev–Trinajstić information content (AvgIpc) is 3.44. The molecular formula is C22H27N5O2S. The van der Waals surface area contributed by atoms with E-state index in [9.17, 15) is 4.79 Å². The van der Waals surface area contributed by atoms with E-state index in [2.05, 4.69) is 20.4 Å². The lowest BCUT2D eigenvalue weighted by molar-refractivity contribution is -0.125. The van der Waals surface area contributed by atoms with Gasteiger partial charge in [-0.05, 0) is 56.5 Å². The predicted octanol–water partition coefficient (Wildman–Crippen LogP) is 3.65. The second kappa shape index (κ2) is 9.30. The first-order valence-electron chi connectivity index (χ1n) is 10.3. The van der Waals surface area contributed by atoms with E-state index in [4.69, 9.17) is 4.74 Å². The minimum absolute atomic E-state index is 0.0405. The van der Waals surface area contributed by atoms with Crippen LogP contribution in [0, 0.1) is 5.92 Å². The summed E-state index contributed by atoms with van der Waals surface area (Å²) in [7, 11) is 0. The smallest absolute Gasteiger partial charge is 0.225 e. The van der Waals surface area contributed by atoms with Gasteiger partial charge in [0.05, 0.1) is 12.0 Å². The summed E-state index contributed by atoms with van der Waals surface area (Å²) >= 11 is 1.55. The lowest BCUT2D eigenvalue weighted by Gasteiger charge is -2.31. The van der Waals surface area contributed by atoms with E-state index in [1.165, 1.54) is 0 Å². The van der Waals surface area contributed by atoms with Crippen LogP contribution in [0.5, 0.6) is 5.75 Å². The molecule has 0 spiro atoms. The lowest BCUT2D eigenvalue weighted by Crippen LogP contribution is -2.43. The molecule has 2 aromatic heterocycles. The summed E-state index contributed by atoms with van der Waals surface area (Å²) in [5.74, 6) is 0.901. The zero-order valence-corrected chi connectivity index (χ0v) is 18.1. The standard InChI is InChI=1S/C22H27N5O2S/c1-16(2)29-19-9-7-17(8-10-19)14-23-20(28)18-6-5-13-27(15-18)22-25-24-21(30-22)26-11-3-4-12-26/h3-4,7-12,16,18H,5-6,13-15H2,1-2H3,(H,23,28). The van der Waals surface area contributed by atoms with Gasteiger partial charge in [-0.2, -0.15) is 0 Å². The molecule has 1 aromatic carbocycles. The Kier molecular flexibility index (Phi) is 6.32. The van der Waals surface area contributed by atoms with Crippen LogP contribution in [0.3, 0.4) is 0 Å². The lowest BCUT2D eigenvalue weighted by atomic mass is 9.97. The van der Waals surface area contributed by atoms with Crippen LogP contribution in [0.2, 0.25) is 0 Å². The molecule has 1 amide bonds. The van der Waals surface area contributed by atoms with Crippen molar-refractivity contribution in [3.8, 4) is 10.9 Å². The van der Waals surface area contributed by atoms with Gasteiger partial charge in [0.25, 0.3) is 0 Å². The number of nitrogens with zero attached hydrogens (tertiary/aromatic N) is 4. The maximum absolute atomic E-state index is 12.8. The SMILES string of the molecule is CC(C)Oc1ccc(CNC(=O)C2CCCN(c3nnc(-n4cccc4)s3)C2)cc1. The number of ether oxygens (including phenoxy) is 1. The van der Waals surface area contributed by atoms with E-state index in [1.54, 1.807) is 11.3 Å². The topological polar surface area (TPSA) is 72.3 Å². The Bertz CT molecular complexity index is 952. The third-order valence-electron chi connectivity index (χ3n) is 5.05. The van der Waals surface area contributed by atoms with Gasteiger partial charge in [-0.25, -0.2) is 0 Å². The monoisotopic (exact) mass is 425 g/mol. The van der Waals surface area contributed by atoms with Crippen molar-refractivity contribution in [2.75, 3.05) is 18.0 Å². The molecule has 0 saturated carbocycles. The Balaban J connectivity index is 1.31. The molecule has 1 atom stereocenters. The van der Waals surface area contributed by atoms with E-state index in [-0.39, 0.29) is 17.9 Å². The van der Waals surface area contributed by atoms with E-state index >= 15 is 0 Å². The van der Waals surface area contributed by atoms with E-state index < -0.39 is 0 Å². The Labute approximate surface area is 180 Å². The molecule has 7 nitrogen and oxygen atoms in total. The van der Waals surface area contributed by atoms with Crippen LogP contribution in [0.15, 0.2) is 48.8 Å². The van der Waals surface area contributed by atoms with Crippen LogP contribution in [0.1, 0.15) is 32.3 Å². The molecule has 3 aromatic rings. The number of anilines is 1. The summed E-state index contributed by atoms with van der Waals surface area (Å²) < 4.78 is 7.62. The first-order valence-corrected chi connectivity index (χ1v) is 11.2. The van der Waals surface area contributed by atoms with Crippen LogP contribution < -0.4 is 15.0 Å². The fraction of sp³-hybridized carbons (Fsp3) is 0.409. The number of rotatable bonds is 7. The van der Waals surface area contributed by atoms with E-state index in [0.29, 0.717) is 13.1 Å². The number of aromatic nitrogens is 3. The second-order valence-corrected chi connectivity index (χ2v) is 8.71. The van der Waals surface area contributed by atoms with Gasteiger partial charge in [0, 0.05) is 32.0 Å². The molecular weight excluding hydrogens is 398 g/mol. The number of amides is 1. The molecule has 0 aliphatic carbocycles. The van der Waals surface area contributed by atoms with Crippen LogP contribution in [0.25, 0.3) is 5.13 Å². The summed E-state index contributed by atoms with van der Waals surface area (Å²) in [5, 5.41) is 13.4. The molecule has 1 saturated heterocycles. The normalized spacial score (nSPS) is 16.6. The van der Waals surface area contributed by atoms with Crippen molar-refractivity contribution in [2.24, 2.45) is 5.92 Å². The molecule has 1 aliphatic rings. The second-order valence-electron chi connectivity index (χ2n) is 7.77. The maximum Gasteiger partial charge on any atom is 0.225 e. The van der Waals surface area contributed by atoms with Crippen molar-refractivity contribution in [3.05, 3.63) is 54.4 Å². The van der Waals surface area contributed by atoms with E-state index in [1.807, 2.05) is 67.2 Å². The molecule has 8 heteroatoms. The van der Waals surface area contributed by atoms with Gasteiger partial charge in [-0.1, -0.05) is 23.5 Å². The fourth-order valence-corrected chi connectivity index (χ4v) is 4.41. The molecule has 1 fully saturated rings. The van der Waals surface area contributed by atoms with Crippen LogP contribution >= 0.6 is 11.3 Å². The summed E-state index contributed by atoms with van der Waals surface area (Å²) in [6.45, 7) is 6.11. The highest BCUT2D eigenvalue weighted by Gasteiger charge is 2.27. The summed E-state index contributed by atoms with van der Waals surface area (Å²) in [6.07, 6.45) is 5.93. The summed E-state index contributed by atoms with van der Waals surface area (Å²) in [4.78, 5) is 14.9. The van der Waals surface area contributed by atoms with Crippen molar-refractivity contribution in [1.29, 1.82) is 0 Å². The van der Waals surface area contributed by atoms with Gasteiger partial charge in [-0.15, -0.1) is 10.2 Å². The highest BCUT2D eigenvalue weighted by molar-refractivity contribution is 7.17. The number of piperidine rings is 1. The molecule has 1 unspecified atom stereocenters. The van der Waals surface area contributed by atoms with Gasteiger partial charge in [0.2, 0.25) is 16.2 Å². The number of hydrogen-bond donors (Lipinski definition) is 1. The molecule has 0 bridgehead atoms. The quantitative estimate of drug-likeness (QED) is 0.626. The molecule has 1 N–H and O–H groups in total. The number of nitrogens with one attached hydrogen (secondary N) is 1. The number of carbonyl (C=O) groups excluding carboxylic acids is 1. The van der Waals surface area contributed by atoms with Crippen molar-refractivity contribution in [1.82, 2.24) is 20.1 Å². The molecule has 158 valence electrons. The van der Waals surface area contributed by atoms with Gasteiger partial charge < -0.3 is 15.0 Å². The van der Waals surface area contributed by atoms with Crippen molar-refractivity contribution >= 4 is 22.4 Å². The fourth-order valence-electron chi connectivity index (χ4n) is 3.56. The Morgan fingerprint density at radius 3 is 2.67 bits per heavy atom. The zero-order chi connectivity index (χ0) is 20.9. The molecule has 3 heterocycles. The first kappa shape index (κ1) is 20.4. The summed E-state index contributed by atoms with van der Waals surface area (Å²) in [5.41, 5.74) is 1.06. The highest BCUT2D eigenvalue weighted by Crippen LogP contribution is 2.28. The number of benzene rings is 1. The Hall–Kier alpha value is -2.87. The molecule has 0 radical (unpaired) electrons. The van der Waals surface area contributed by atoms with Crippen LogP contribution in [0.4, 0.5) is 5.13 Å².